The van der Waals surface area contributed by atoms with Crippen molar-refractivity contribution in [2.75, 3.05) is 0 Å². The molecule has 3 rings (SSSR count). The number of aryl methyl sites for hydroxylation is 1. The lowest BCUT2D eigenvalue weighted by Crippen LogP contribution is -2.41. The minimum atomic E-state index is -1.14. The van der Waals surface area contributed by atoms with Crippen molar-refractivity contribution in [3.63, 3.8) is 0 Å². The van der Waals surface area contributed by atoms with Crippen LogP contribution in [0, 0.1) is 5.82 Å². The van der Waals surface area contributed by atoms with Gasteiger partial charge in [-0.25, -0.2) is 8.78 Å². The molecule has 7 heteroatoms. The van der Waals surface area contributed by atoms with Crippen molar-refractivity contribution < 1.29 is 18.1 Å². The van der Waals surface area contributed by atoms with E-state index in [0.29, 0.717) is 5.56 Å². The summed E-state index contributed by atoms with van der Waals surface area (Å²) in [5.74, 6) is -0.520. The van der Waals surface area contributed by atoms with Crippen LogP contribution < -0.4 is 0 Å². The van der Waals surface area contributed by atoms with E-state index in [9.17, 15) is 8.78 Å². The molecule has 1 aliphatic heterocycles. The first-order chi connectivity index (χ1) is 11.6. The summed E-state index contributed by atoms with van der Waals surface area (Å²) in [6.07, 6.45) is 4.55. The summed E-state index contributed by atoms with van der Waals surface area (Å²) >= 11 is 0. The number of rotatable bonds is 3. The number of aromatic nitrogens is 2. The molecule has 1 aromatic carbocycles. The Balaban J connectivity index is 1.84. The molecule has 1 aliphatic rings. The first kappa shape index (κ1) is 17.8. The summed E-state index contributed by atoms with van der Waals surface area (Å²) < 4.78 is 41.8. The molecular formula is C18H21BF2N2O2. The molecule has 1 fully saturated rings. The van der Waals surface area contributed by atoms with E-state index in [1.807, 2.05) is 27.7 Å². The zero-order valence-electron chi connectivity index (χ0n) is 15.0. The normalized spacial score (nSPS) is 19.5. The van der Waals surface area contributed by atoms with E-state index in [4.69, 9.17) is 9.31 Å². The van der Waals surface area contributed by atoms with Gasteiger partial charge in [0.1, 0.15) is 11.5 Å². The second-order valence-corrected chi connectivity index (χ2v) is 7.26. The van der Waals surface area contributed by atoms with Crippen LogP contribution in [0.3, 0.4) is 0 Å². The van der Waals surface area contributed by atoms with Gasteiger partial charge in [-0.15, -0.1) is 0 Å². The lowest BCUT2D eigenvalue weighted by molar-refractivity contribution is 0.00578. The Morgan fingerprint density at radius 2 is 1.80 bits per heavy atom. The molecule has 0 unspecified atom stereocenters. The van der Waals surface area contributed by atoms with Gasteiger partial charge in [-0.2, -0.15) is 5.10 Å². The molecule has 2 heterocycles. The van der Waals surface area contributed by atoms with E-state index in [0.717, 1.165) is 11.6 Å². The van der Waals surface area contributed by atoms with Gasteiger partial charge in [0.15, 0.2) is 0 Å². The third kappa shape index (κ3) is 3.39. The molecule has 1 saturated heterocycles. The molecule has 25 heavy (non-hydrogen) atoms. The van der Waals surface area contributed by atoms with Crippen LogP contribution in [-0.2, 0) is 16.4 Å². The van der Waals surface area contributed by atoms with Crippen LogP contribution in [0.4, 0.5) is 8.78 Å². The Kier molecular flexibility index (Phi) is 4.33. The minimum absolute atomic E-state index is 0.139. The summed E-state index contributed by atoms with van der Waals surface area (Å²) in [7, 11) is 0.652. The number of benzene rings is 1. The molecule has 0 amide bonds. The zero-order valence-corrected chi connectivity index (χ0v) is 15.0. The van der Waals surface area contributed by atoms with Gasteiger partial charge < -0.3 is 9.31 Å². The standard InChI is InChI=1S/C18H21BF2N2O2/c1-17(2)18(3,4)25-19(24-17)16(21)9-13-7-6-12(8-15(13)20)14-10-22-23(5)11-14/h6-11H,1-5H3. The lowest BCUT2D eigenvalue weighted by atomic mass is 9.86. The predicted molar refractivity (Wildman–Crippen MR) is 93.8 cm³/mol. The van der Waals surface area contributed by atoms with E-state index in [1.54, 1.807) is 30.2 Å². The van der Waals surface area contributed by atoms with Crippen LogP contribution >= 0.6 is 0 Å². The van der Waals surface area contributed by atoms with Gasteiger partial charge in [0, 0.05) is 24.4 Å². The van der Waals surface area contributed by atoms with Gasteiger partial charge in [-0.05, 0) is 45.4 Å². The first-order valence-electron chi connectivity index (χ1n) is 8.10. The zero-order chi connectivity index (χ0) is 18.4. The van der Waals surface area contributed by atoms with Crippen molar-refractivity contribution in [1.82, 2.24) is 9.78 Å². The molecule has 0 aliphatic carbocycles. The number of hydrogen-bond donors (Lipinski definition) is 0. The Labute approximate surface area is 146 Å². The maximum absolute atomic E-state index is 14.5. The predicted octanol–water partition coefficient (Wildman–Crippen LogP) is 4.17. The van der Waals surface area contributed by atoms with Gasteiger partial charge in [0.05, 0.1) is 17.4 Å². The Morgan fingerprint density at radius 3 is 2.32 bits per heavy atom. The van der Waals surface area contributed by atoms with Gasteiger partial charge in [-0.3, -0.25) is 4.68 Å². The van der Waals surface area contributed by atoms with E-state index in [2.05, 4.69) is 5.10 Å². The number of nitrogens with zero attached hydrogens (tertiary/aromatic N) is 2. The molecule has 1 aromatic heterocycles. The van der Waals surface area contributed by atoms with Crippen LogP contribution in [-0.4, -0.2) is 28.1 Å². The summed E-state index contributed by atoms with van der Waals surface area (Å²) in [5, 5.41) is 4.06. The molecule has 0 saturated carbocycles. The minimum Gasteiger partial charge on any atom is -0.398 e. The summed E-state index contributed by atoms with van der Waals surface area (Å²) in [5.41, 5.74) is -0.342. The molecule has 0 N–H and O–H groups in total. The maximum atomic E-state index is 14.5. The summed E-state index contributed by atoms with van der Waals surface area (Å²) in [6, 6.07) is 4.62. The van der Waals surface area contributed by atoms with E-state index >= 15 is 0 Å². The largest absolute Gasteiger partial charge is 0.525 e. The Hall–Kier alpha value is -1.99. The average Bonchev–Trinajstić information content (AvgIpc) is 3.02. The molecule has 4 nitrogen and oxygen atoms in total. The maximum Gasteiger partial charge on any atom is 0.525 e. The SMILES string of the molecule is Cn1cc(-c2ccc(C=C(F)B3OC(C)(C)C(C)(C)O3)c(F)c2)cn1. The van der Waals surface area contributed by atoms with Crippen molar-refractivity contribution in [3.8, 4) is 11.1 Å². The third-order valence-corrected chi connectivity index (χ3v) is 4.81. The Morgan fingerprint density at radius 1 is 1.16 bits per heavy atom. The highest BCUT2D eigenvalue weighted by molar-refractivity contribution is 6.54. The lowest BCUT2D eigenvalue weighted by Gasteiger charge is -2.32. The highest BCUT2D eigenvalue weighted by Crippen LogP contribution is 2.39. The highest BCUT2D eigenvalue weighted by atomic mass is 19.1. The van der Waals surface area contributed by atoms with Crippen LogP contribution in [0.1, 0.15) is 33.3 Å². The van der Waals surface area contributed by atoms with Crippen LogP contribution in [0.2, 0.25) is 0 Å². The molecule has 0 bridgehead atoms. The van der Waals surface area contributed by atoms with E-state index < -0.39 is 29.9 Å². The van der Waals surface area contributed by atoms with Crippen LogP contribution in [0.15, 0.2) is 36.3 Å². The first-order valence-corrected chi connectivity index (χ1v) is 8.10. The van der Waals surface area contributed by atoms with Crippen molar-refractivity contribution in [2.24, 2.45) is 7.05 Å². The van der Waals surface area contributed by atoms with Crippen molar-refractivity contribution >= 4 is 13.2 Å². The van der Waals surface area contributed by atoms with Gasteiger partial charge in [0.2, 0.25) is 0 Å². The summed E-state index contributed by atoms with van der Waals surface area (Å²) in [4.78, 5) is 0. The molecule has 0 atom stereocenters. The van der Waals surface area contributed by atoms with Crippen LogP contribution in [0.25, 0.3) is 17.2 Å². The van der Waals surface area contributed by atoms with Gasteiger partial charge in [-0.1, -0.05) is 12.1 Å². The fraction of sp³-hybridized carbons (Fsp3) is 0.389. The van der Waals surface area contributed by atoms with Crippen LogP contribution in [0.5, 0.6) is 0 Å². The monoisotopic (exact) mass is 346 g/mol. The van der Waals surface area contributed by atoms with Gasteiger partial charge in [0.25, 0.3) is 0 Å². The van der Waals surface area contributed by atoms with Crippen molar-refractivity contribution in [1.29, 1.82) is 0 Å². The number of hydrogen-bond acceptors (Lipinski definition) is 3. The van der Waals surface area contributed by atoms with Crippen molar-refractivity contribution in [3.05, 3.63) is 47.7 Å². The third-order valence-electron chi connectivity index (χ3n) is 4.81. The molecule has 0 spiro atoms. The quantitative estimate of drug-likeness (QED) is 0.783. The van der Waals surface area contributed by atoms with E-state index in [-0.39, 0.29) is 5.56 Å². The smallest absolute Gasteiger partial charge is 0.398 e. The number of halogens is 2. The van der Waals surface area contributed by atoms with Gasteiger partial charge >= 0.3 is 7.12 Å². The molecular weight excluding hydrogens is 325 g/mol. The molecule has 132 valence electrons. The van der Waals surface area contributed by atoms with Crippen molar-refractivity contribution in [2.45, 2.75) is 38.9 Å². The summed E-state index contributed by atoms with van der Waals surface area (Å²) in [6.45, 7) is 7.35. The van der Waals surface area contributed by atoms with E-state index in [1.165, 1.54) is 12.1 Å². The fourth-order valence-electron chi connectivity index (χ4n) is 2.57. The molecule has 2 aromatic rings. The fourth-order valence-corrected chi connectivity index (χ4v) is 2.57. The highest BCUT2D eigenvalue weighted by Gasteiger charge is 2.53. The molecule has 0 radical (unpaired) electrons. The topological polar surface area (TPSA) is 36.3 Å². The second-order valence-electron chi connectivity index (χ2n) is 7.26. The second kappa shape index (κ2) is 6.07. The average molecular weight is 346 g/mol. The Bertz CT molecular complexity index is 814.